The number of rotatable bonds is 10. The minimum absolute atomic E-state index is 0.0230. The monoisotopic (exact) mass is 429 g/mol. The fourth-order valence-electron chi connectivity index (χ4n) is 1.68. The number of nitrogens with one attached hydrogen (secondary N) is 1. The molecule has 1 heterocycles. The molecule has 1 amide bonds. The Morgan fingerprint density at radius 2 is 1.68 bits per heavy atom. The Bertz CT molecular complexity index is 627. The van der Waals surface area contributed by atoms with Gasteiger partial charge >= 0.3 is 12.3 Å². The molecule has 1 N–H and O–H groups in total. The van der Waals surface area contributed by atoms with E-state index in [1.807, 2.05) is 0 Å². The van der Waals surface area contributed by atoms with Crippen LogP contribution in [0, 0.1) is 0 Å². The fourth-order valence-corrected chi connectivity index (χ4v) is 1.86. The largest absolute Gasteiger partial charge is 0.475 e. The lowest BCUT2D eigenvalue weighted by Crippen LogP contribution is -2.34. The van der Waals surface area contributed by atoms with Gasteiger partial charge in [0.1, 0.15) is 12.2 Å². The van der Waals surface area contributed by atoms with Crippen LogP contribution in [0.3, 0.4) is 0 Å². The molecule has 1 aromatic heterocycles. The highest BCUT2D eigenvalue weighted by atomic mass is 35.5. The Morgan fingerprint density at radius 3 is 2.29 bits per heavy atom. The first-order valence-corrected chi connectivity index (χ1v) is 8.72. The third kappa shape index (κ3) is 11.1. The first kappa shape index (κ1) is 24.2. The molecule has 0 fully saturated rings. The van der Waals surface area contributed by atoms with Crippen LogP contribution in [-0.4, -0.2) is 61.2 Å². The Morgan fingerprint density at radius 1 is 1.07 bits per heavy atom. The van der Waals surface area contributed by atoms with Crippen LogP contribution >= 0.6 is 11.6 Å². The zero-order valence-electron chi connectivity index (χ0n) is 15.8. The van der Waals surface area contributed by atoms with Gasteiger partial charge in [0.25, 0.3) is 0 Å². The van der Waals surface area contributed by atoms with Gasteiger partial charge in [-0.05, 0) is 32.4 Å². The zero-order chi connectivity index (χ0) is 21.2. The molecule has 0 unspecified atom stereocenters. The molecule has 0 saturated carbocycles. The molecule has 28 heavy (non-hydrogen) atoms. The van der Waals surface area contributed by atoms with Crippen LogP contribution in [0.2, 0.25) is 5.28 Å². The molecular weight excluding hydrogens is 407 g/mol. The molecule has 8 nitrogen and oxygen atoms in total. The molecule has 0 atom stereocenters. The molecule has 1 rings (SSSR count). The summed E-state index contributed by atoms with van der Waals surface area (Å²) in [4.78, 5) is 18.0. The smallest absolute Gasteiger partial charge is 0.433 e. The van der Waals surface area contributed by atoms with Gasteiger partial charge in [-0.3, -0.25) is 0 Å². The summed E-state index contributed by atoms with van der Waals surface area (Å²) in [5.41, 5.74) is -1.75. The van der Waals surface area contributed by atoms with E-state index in [0.29, 0.717) is 6.07 Å². The van der Waals surface area contributed by atoms with Crippen molar-refractivity contribution in [1.82, 2.24) is 15.3 Å². The fraction of sp³-hybridized carbons (Fsp3) is 0.688. The van der Waals surface area contributed by atoms with Crippen molar-refractivity contribution < 1.29 is 36.9 Å². The number of carbonyl (C=O) groups is 1. The SMILES string of the molecule is CC(C)(C)OC(=O)NCCOCCOCCOc1cc(C(F)(F)F)nc(Cl)n1. The van der Waals surface area contributed by atoms with Crippen molar-refractivity contribution in [2.75, 3.05) is 39.6 Å². The van der Waals surface area contributed by atoms with E-state index in [1.165, 1.54) is 0 Å². The van der Waals surface area contributed by atoms with Crippen molar-refractivity contribution in [3.05, 3.63) is 17.0 Å². The third-order valence-corrected chi connectivity index (χ3v) is 2.90. The van der Waals surface area contributed by atoms with Crippen molar-refractivity contribution in [1.29, 1.82) is 0 Å². The second-order valence-corrected chi connectivity index (χ2v) is 6.70. The Balaban J connectivity index is 2.08. The lowest BCUT2D eigenvalue weighted by Gasteiger charge is -2.19. The minimum atomic E-state index is -4.64. The maximum Gasteiger partial charge on any atom is 0.433 e. The van der Waals surface area contributed by atoms with Crippen molar-refractivity contribution in [2.24, 2.45) is 0 Å². The third-order valence-electron chi connectivity index (χ3n) is 2.73. The quantitative estimate of drug-likeness (QED) is 0.451. The van der Waals surface area contributed by atoms with E-state index in [4.69, 9.17) is 30.5 Å². The number of aromatic nitrogens is 2. The molecular formula is C16H23ClF3N3O5. The number of alkyl carbamates (subject to hydrolysis) is 1. The summed E-state index contributed by atoms with van der Waals surface area (Å²) in [6.45, 7) is 6.46. The number of hydrogen-bond donors (Lipinski definition) is 1. The number of alkyl halides is 3. The van der Waals surface area contributed by atoms with Gasteiger partial charge in [0.05, 0.1) is 26.4 Å². The average Bonchev–Trinajstić information content (AvgIpc) is 2.53. The summed E-state index contributed by atoms with van der Waals surface area (Å²) >= 11 is 5.45. The van der Waals surface area contributed by atoms with Gasteiger partial charge in [0, 0.05) is 12.6 Å². The van der Waals surface area contributed by atoms with E-state index < -0.39 is 28.8 Å². The summed E-state index contributed by atoms with van der Waals surface area (Å²) in [6, 6.07) is 0.659. The van der Waals surface area contributed by atoms with Crippen LogP contribution in [0.25, 0.3) is 0 Å². The predicted octanol–water partition coefficient (Wildman–Crippen LogP) is 3.09. The Hall–Kier alpha value is -1.85. The Labute approximate surface area is 165 Å². The standard InChI is InChI=1S/C16H23ClF3N3O5/c1-15(2,3)28-14(24)21-4-5-25-6-7-26-8-9-27-12-10-11(16(18,19)20)22-13(17)23-12/h10H,4-9H2,1-3H3,(H,21,24). The van der Waals surface area contributed by atoms with E-state index >= 15 is 0 Å². The Kier molecular flexibility index (Phi) is 9.70. The molecule has 0 aliphatic rings. The van der Waals surface area contributed by atoms with Gasteiger partial charge in [0.15, 0.2) is 5.69 Å². The molecule has 0 spiro atoms. The first-order chi connectivity index (χ1) is 13.0. The summed E-state index contributed by atoms with van der Waals surface area (Å²) in [5, 5.41) is 1.98. The van der Waals surface area contributed by atoms with Gasteiger partial charge in [0.2, 0.25) is 11.2 Å². The predicted molar refractivity (Wildman–Crippen MR) is 93.4 cm³/mol. The number of nitrogens with zero attached hydrogens (tertiary/aromatic N) is 2. The van der Waals surface area contributed by atoms with Gasteiger partial charge in [-0.25, -0.2) is 9.78 Å². The maximum absolute atomic E-state index is 12.6. The minimum Gasteiger partial charge on any atom is -0.475 e. The second kappa shape index (κ2) is 11.2. The van der Waals surface area contributed by atoms with Crippen molar-refractivity contribution in [3.8, 4) is 5.88 Å². The van der Waals surface area contributed by atoms with E-state index in [1.54, 1.807) is 20.8 Å². The van der Waals surface area contributed by atoms with Gasteiger partial charge in [-0.2, -0.15) is 18.2 Å². The second-order valence-electron chi connectivity index (χ2n) is 6.36. The van der Waals surface area contributed by atoms with E-state index in [2.05, 4.69) is 15.3 Å². The number of carbonyl (C=O) groups excluding carboxylic acids is 1. The number of halogens is 4. The lowest BCUT2D eigenvalue weighted by atomic mass is 10.2. The number of hydrogen-bond acceptors (Lipinski definition) is 7. The van der Waals surface area contributed by atoms with E-state index in [9.17, 15) is 18.0 Å². The molecule has 0 bridgehead atoms. The molecule has 0 aliphatic heterocycles. The van der Waals surface area contributed by atoms with E-state index in [0.717, 1.165) is 0 Å². The molecule has 0 aliphatic carbocycles. The van der Waals surface area contributed by atoms with E-state index in [-0.39, 0.29) is 45.5 Å². The number of ether oxygens (including phenoxy) is 4. The highest BCUT2D eigenvalue weighted by Gasteiger charge is 2.33. The van der Waals surface area contributed by atoms with Gasteiger partial charge in [-0.15, -0.1) is 0 Å². The number of amides is 1. The lowest BCUT2D eigenvalue weighted by molar-refractivity contribution is -0.141. The average molecular weight is 430 g/mol. The molecule has 12 heteroatoms. The summed E-state index contributed by atoms with van der Waals surface area (Å²) < 4.78 is 58.4. The summed E-state index contributed by atoms with van der Waals surface area (Å²) in [7, 11) is 0. The highest BCUT2D eigenvalue weighted by Crippen LogP contribution is 2.30. The maximum atomic E-state index is 12.6. The topological polar surface area (TPSA) is 91.8 Å². The summed E-state index contributed by atoms with van der Waals surface area (Å²) in [6.07, 6.45) is -5.17. The molecule has 1 aromatic rings. The van der Waals surface area contributed by atoms with Gasteiger partial charge < -0.3 is 24.3 Å². The normalized spacial score (nSPS) is 12.0. The van der Waals surface area contributed by atoms with Crippen LogP contribution in [0.15, 0.2) is 6.07 Å². The van der Waals surface area contributed by atoms with Gasteiger partial charge in [-0.1, -0.05) is 0 Å². The van der Waals surface area contributed by atoms with Crippen LogP contribution < -0.4 is 10.1 Å². The van der Waals surface area contributed by atoms with Crippen LogP contribution in [0.4, 0.5) is 18.0 Å². The molecule has 0 aromatic carbocycles. The van der Waals surface area contributed by atoms with Crippen LogP contribution in [0.5, 0.6) is 5.88 Å². The zero-order valence-corrected chi connectivity index (χ0v) is 16.5. The molecule has 0 radical (unpaired) electrons. The van der Waals surface area contributed by atoms with Crippen molar-refractivity contribution >= 4 is 17.7 Å². The first-order valence-electron chi connectivity index (χ1n) is 8.34. The summed E-state index contributed by atoms with van der Waals surface area (Å²) in [5.74, 6) is -0.291. The van der Waals surface area contributed by atoms with Crippen LogP contribution in [-0.2, 0) is 20.4 Å². The molecule has 0 saturated heterocycles. The van der Waals surface area contributed by atoms with Crippen molar-refractivity contribution in [2.45, 2.75) is 32.5 Å². The van der Waals surface area contributed by atoms with Crippen molar-refractivity contribution in [3.63, 3.8) is 0 Å². The highest BCUT2D eigenvalue weighted by molar-refractivity contribution is 6.28. The van der Waals surface area contributed by atoms with Crippen LogP contribution in [0.1, 0.15) is 26.5 Å². The molecule has 160 valence electrons.